The van der Waals surface area contributed by atoms with Gasteiger partial charge in [-0.1, -0.05) is 72.8 Å². The van der Waals surface area contributed by atoms with E-state index in [1.807, 2.05) is 78.9 Å². The number of guanidine groups is 5. The Hall–Kier alpha value is -13.4. The van der Waals surface area contributed by atoms with E-state index in [0.717, 1.165) is 10.9 Å². The number of primary amides is 1. The van der Waals surface area contributed by atoms with Crippen LogP contribution < -0.4 is 109 Å². The summed E-state index contributed by atoms with van der Waals surface area (Å²) in [4.78, 5) is 147. The molecular weight excluding hydrogens is 1500 g/mol. The van der Waals surface area contributed by atoms with E-state index < -0.39 is 108 Å². The maximum atomic E-state index is 15.8. The fourth-order valence-electron chi connectivity index (χ4n) is 13.8. The van der Waals surface area contributed by atoms with Crippen LogP contribution in [0.1, 0.15) is 119 Å². The lowest BCUT2D eigenvalue weighted by atomic mass is 9.99. The molecule has 0 aliphatic carbocycles. The van der Waals surface area contributed by atoms with Crippen molar-refractivity contribution < 1.29 is 43.2 Å². The summed E-state index contributed by atoms with van der Waals surface area (Å²) in [5.41, 5.74) is 45.1. The van der Waals surface area contributed by atoms with Gasteiger partial charge in [0.1, 0.15) is 48.3 Å². The van der Waals surface area contributed by atoms with Gasteiger partial charge in [-0.2, -0.15) is 0 Å². The summed E-state index contributed by atoms with van der Waals surface area (Å²) in [7, 11) is 0. The molecule has 38 nitrogen and oxygen atoms in total. The Morgan fingerprint density at radius 2 is 0.479 bits per heavy atom. The standard InChI is InChI=1S/C79H113N29O9/c80-53(23-9-14-32-92-75(82)83)67(110)102-59(29-11-16-34-94-77(86)87)69(112)105-64(39-47-43-99-56-26-7-3-21-51(47)56)73(116)108-63(38-46-42-98-55-25-6-2-20-50(46)55)72(115)104-61(31-13-18-36-96-79(90)91)70(113)106-65(40-48-44-100-57-27-8-4-22-52(48)57)74(117)107-62(37-45-41-97-54-24-5-1-19-49(45)54)71(114)103-60(30-12-17-35-95-78(88)89)68(111)101-58(66(81)109)28-10-15-33-93-76(84)85/h1-8,19-22,24-27,41-44,53,58-65,97-100H,9-18,23,28-40,80H2,(H2,81,109)(H,101,111)(H,102,110)(H,103,114)(H,104,115)(H,105,112)(H,106,113)(H,107,117)(H,108,116)(H4,82,83,92)(H4,84,85,93)(H4,86,87,94)(H4,88,89,95)(H4,90,91,96)/t53-,58-,59+,60+,61-,62-,63-,64+,65-/m0/s1. The highest BCUT2D eigenvalue weighted by Crippen LogP contribution is 2.25. The van der Waals surface area contributed by atoms with Crippen molar-refractivity contribution in [1.82, 2.24) is 89.1 Å². The molecule has 0 aliphatic rings. The average molecular weight is 1610 g/mol. The number of carbonyl (C=O) groups excluding carboxylic acids is 9. The van der Waals surface area contributed by atoms with Gasteiger partial charge in [-0.25, -0.2) is 0 Å². The van der Waals surface area contributed by atoms with E-state index in [4.69, 9.17) is 67.2 Å². The first-order valence-corrected chi connectivity index (χ1v) is 39.3. The summed E-state index contributed by atoms with van der Waals surface area (Å²) in [5.74, 6) is -8.57. The molecule has 0 radical (unpaired) electrons. The van der Waals surface area contributed by atoms with Gasteiger partial charge in [-0.15, -0.1) is 0 Å². The fraction of sp³-hybridized carbons (Fsp3) is 0.418. The normalized spacial score (nSPS) is 13.5. The Balaban J connectivity index is 1.14. The first-order valence-electron chi connectivity index (χ1n) is 39.3. The molecule has 4 aromatic carbocycles. The Morgan fingerprint density at radius 1 is 0.274 bits per heavy atom. The van der Waals surface area contributed by atoms with Crippen LogP contribution in [0.5, 0.6) is 0 Å². The molecule has 117 heavy (non-hydrogen) atoms. The van der Waals surface area contributed by atoms with E-state index in [9.17, 15) is 14.4 Å². The number of aromatic nitrogens is 4. The summed E-state index contributed by atoms with van der Waals surface area (Å²) < 4.78 is 0. The highest BCUT2D eigenvalue weighted by molar-refractivity contribution is 6.00. The molecule has 0 spiro atoms. The number of nitrogens with two attached hydrogens (primary N) is 7. The Kier molecular flexibility index (Phi) is 34.6. The number of amides is 9. The number of para-hydroxylation sites is 4. The zero-order valence-corrected chi connectivity index (χ0v) is 65.4. The molecule has 9 amide bonds. The van der Waals surface area contributed by atoms with Gasteiger partial charge in [0.2, 0.25) is 53.2 Å². The second-order valence-electron chi connectivity index (χ2n) is 28.9. The smallest absolute Gasteiger partial charge is 0.243 e. The van der Waals surface area contributed by atoms with Crippen LogP contribution >= 0.6 is 0 Å². The predicted molar refractivity (Wildman–Crippen MR) is 449 cm³/mol. The molecule has 4 aromatic heterocycles. The van der Waals surface area contributed by atoms with Gasteiger partial charge in [-0.05, 0) is 143 Å². The van der Waals surface area contributed by atoms with Crippen LogP contribution in [0.2, 0.25) is 0 Å². The van der Waals surface area contributed by atoms with Crippen molar-refractivity contribution in [2.45, 2.75) is 176 Å². The number of H-pyrrole nitrogens is 4. The minimum Gasteiger partial charge on any atom is -0.370 e. The van der Waals surface area contributed by atoms with Crippen LogP contribution in [-0.4, -0.2) is 190 Å². The average Bonchev–Trinajstić information content (AvgIpc) is 1.72. The van der Waals surface area contributed by atoms with Crippen molar-refractivity contribution in [2.75, 3.05) is 32.7 Å². The van der Waals surface area contributed by atoms with Gasteiger partial charge in [0.15, 0.2) is 29.8 Å². The largest absolute Gasteiger partial charge is 0.370 e. The van der Waals surface area contributed by atoms with Crippen molar-refractivity contribution in [3.63, 3.8) is 0 Å². The Labute approximate surface area is 676 Å². The second-order valence-corrected chi connectivity index (χ2v) is 28.9. The van der Waals surface area contributed by atoms with Crippen LogP contribution in [0, 0.1) is 27.0 Å². The number of rotatable bonds is 50. The van der Waals surface area contributed by atoms with Crippen molar-refractivity contribution in [2.24, 2.45) is 40.1 Å². The van der Waals surface area contributed by atoms with Crippen molar-refractivity contribution >= 4 is 127 Å². The van der Waals surface area contributed by atoms with E-state index in [1.54, 1.807) is 43.0 Å². The molecule has 0 saturated heterocycles. The third-order valence-corrected chi connectivity index (χ3v) is 20.0. The summed E-state index contributed by atoms with van der Waals surface area (Å²) in [6.07, 6.45) is 10.1. The summed E-state index contributed by atoms with van der Waals surface area (Å²) in [6.45, 7) is 1.39. The fourth-order valence-corrected chi connectivity index (χ4v) is 13.8. The highest BCUT2D eigenvalue weighted by Gasteiger charge is 2.37. The second kappa shape index (κ2) is 45.5. The van der Waals surface area contributed by atoms with Gasteiger partial charge >= 0.3 is 0 Å². The monoisotopic (exact) mass is 1610 g/mol. The first-order chi connectivity index (χ1) is 56.2. The maximum Gasteiger partial charge on any atom is 0.243 e. The molecule has 36 N–H and O–H groups in total. The predicted octanol–water partition coefficient (Wildman–Crippen LogP) is -0.160. The molecule has 0 bridgehead atoms. The number of unbranched alkanes of at least 4 members (excludes halogenated alkanes) is 5. The van der Waals surface area contributed by atoms with Crippen molar-refractivity contribution in [3.05, 3.63) is 144 Å². The minimum atomic E-state index is -1.54. The lowest BCUT2D eigenvalue weighted by molar-refractivity contribution is -0.136. The summed E-state index contributed by atoms with van der Waals surface area (Å²) in [5, 5.41) is 77.5. The van der Waals surface area contributed by atoms with Crippen LogP contribution in [0.3, 0.4) is 0 Å². The molecule has 8 rings (SSSR count). The van der Waals surface area contributed by atoms with Crippen LogP contribution in [0.15, 0.2) is 122 Å². The van der Waals surface area contributed by atoms with Gasteiger partial charge in [0.25, 0.3) is 0 Å². The van der Waals surface area contributed by atoms with E-state index in [-0.39, 0.29) is 120 Å². The zero-order valence-electron chi connectivity index (χ0n) is 65.4. The topological polar surface area (TPSA) is 675 Å². The van der Waals surface area contributed by atoms with E-state index in [0.29, 0.717) is 119 Å². The number of hydrogen-bond acceptors (Lipinski definition) is 15. The van der Waals surface area contributed by atoms with E-state index in [2.05, 4.69) is 89.1 Å². The lowest BCUT2D eigenvalue weighted by Crippen LogP contribution is -2.61. The lowest BCUT2D eigenvalue weighted by Gasteiger charge is -2.28. The Morgan fingerprint density at radius 3 is 0.726 bits per heavy atom. The molecule has 628 valence electrons. The maximum absolute atomic E-state index is 15.8. The van der Waals surface area contributed by atoms with Gasteiger partial charge in [0.05, 0.1) is 6.04 Å². The molecular formula is C79H113N29O9. The van der Waals surface area contributed by atoms with Gasteiger partial charge in [0, 0.05) is 127 Å². The number of carbonyl (C=O) groups is 9. The quantitative estimate of drug-likeness (QED) is 0.0134. The van der Waals surface area contributed by atoms with Crippen LogP contribution in [0.4, 0.5) is 0 Å². The zero-order chi connectivity index (χ0) is 84.3. The third-order valence-electron chi connectivity index (χ3n) is 20.0. The van der Waals surface area contributed by atoms with E-state index in [1.165, 1.54) is 0 Å². The van der Waals surface area contributed by atoms with E-state index >= 15 is 28.8 Å². The van der Waals surface area contributed by atoms with Crippen molar-refractivity contribution in [3.8, 4) is 0 Å². The Bertz CT molecular complexity index is 4740. The molecule has 0 fully saturated rings. The SMILES string of the molecule is N=C(N)NCCCC[C@H](NC(=O)[C@@H](CCCCNC(=N)N)NC(=O)[C@H](Cc1c[nH]c2ccccc12)NC(=O)[C@H](Cc1c[nH]c2ccccc12)NC(=O)[C@H](CCCCNC(=N)N)NC(=O)[C@H](Cc1c[nH]c2ccccc12)NC(=O)[C@@H](Cc1c[nH]c2ccccc12)NC(=O)[C@@H](CCCCNC(=N)N)NC(=O)[C@@H](N)CCCCNC(=N)N)C(N)=O. The highest BCUT2D eigenvalue weighted by atomic mass is 16.2. The number of fused-ring (bicyclic) bond motifs is 4. The van der Waals surface area contributed by atoms with Crippen molar-refractivity contribution in [1.29, 1.82) is 27.0 Å². The molecule has 8 aromatic rings. The van der Waals surface area contributed by atoms with Crippen LogP contribution in [0.25, 0.3) is 43.6 Å². The molecule has 9 atom stereocenters. The molecule has 0 saturated carbocycles. The number of aromatic amines is 4. The first kappa shape index (κ1) is 89.1. The number of nitrogens with one attached hydrogen (secondary N) is 22. The number of benzene rings is 4. The van der Waals surface area contributed by atoms with Crippen LogP contribution in [-0.2, 0) is 68.8 Å². The molecule has 0 unspecified atom stereocenters. The molecule has 4 heterocycles. The third kappa shape index (κ3) is 28.6. The summed E-state index contributed by atoms with van der Waals surface area (Å²) in [6, 6.07) is 16.8. The summed E-state index contributed by atoms with van der Waals surface area (Å²) >= 11 is 0. The minimum absolute atomic E-state index is 0.00253. The number of hydrogen-bond donors (Lipinski definition) is 29. The van der Waals surface area contributed by atoms with Gasteiger partial charge in [-0.3, -0.25) is 70.2 Å². The molecule has 0 aliphatic heterocycles. The molecule has 38 heteroatoms. The van der Waals surface area contributed by atoms with Gasteiger partial charge < -0.3 is 129 Å².